The van der Waals surface area contributed by atoms with Gasteiger partial charge < -0.3 is 9.47 Å². The summed E-state index contributed by atoms with van der Waals surface area (Å²) >= 11 is 4.00. The SMILES string of the molecule is CC1(S)OCCO1. The van der Waals surface area contributed by atoms with Gasteiger partial charge in [-0.2, -0.15) is 0 Å². The number of ether oxygens (including phenoxy) is 2. The van der Waals surface area contributed by atoms with Crippen molar-refractivity contribution in [1.29, 1.82) is 0 Å². The molecule has 0 N–H and O–H groups in total. The molecule has 1 rings (SSSR count). The van der Waals surface area contributed by atoms with Crippen LogP contribution in [0.1, 0.15) is 6.92 Å². The van der Waals surface area contributed by atoms with Crippen LogP contribution in [0.3, 0.4) is 0 Å². The summed E-state index contributed by atoms with van der Waals surface area (Å²) in [5.74, 6) is 0. The molecule has 1 fully saturated rings. The third-order valence-electron chi connectivity index (χ3n) is 0.823. The van der Waals surface area contributed by atoms with E-state index in [1.807, 2.05) is 0 Å². The maximum absolute atomic E-state index is 4.98. The van der Waals surface area contributed by atoms with Crippen molar-refractivity contribution in [1.82, 2.24) is 0 Å². The molecule has 0 radical (unpaired) electrons. The van der Waals surface area contributed by atoms with Gasteiger partial charge in [0.1, 0.15) is 0 Å². The third kappa shape index (κ3) is 1.33. The van der Waals surface area contributed by atoms with Gasteiger partial charge in [0.15, 0.2) is 0 Å². The largest absolute Gasteiger partial charge is 0.339 e. The molecule has 0 aliphatic carbocycles. The van der Waals surface area contributed by atoms with Gasteiger partial charge in [-0.3, -0.25) is 0 Å². The van der Waals surface area contributed by atoms with Crippen molar-refractivity contribution in [3.05, 3.63) is 0 Å². The number of thiol groups is 1. The highest BCUT2D eigenvalue weighted by molar-refractivity contribution is 7.81. The summed E-state index contributed by atoms with van der Waals surface area (Å²) in [6, 6.07) is 0. The first-order valence-corrected chi connectivity index (χ1v) is 2.66. The summed E-state index contributed by atoms with van der Waals surface area (Å²) in [5, 5.41) is -0.611. The van der Waals surface area contributed by atoms with Gasteiger partial charge in [-0.05, 0) is 6.92 Å². The standard InChI is InChI=1S/C4H8O2S/c1-4(7)5-2-3-6-4/h7H,2-3H2,1H3. The Morgan fingerprint density at radius 1 is 1.43 bits per heavy atom. The molecule has 0 aromatic rings. The summed E-state index contributed by atoms with van der Waals surface area (Å²) < 4.78 is 9.96. The predicted molar refractivity (Wildman–Crippen MR) is 29.3 cm³/mol. The molecule has 42 valence electrons. The summed E-state index contributed by atoms with van der Waals surface area (Å²) in [7, 11) is 0. The molecule has 1 aliphatic heterocycles. The topological polar surface area (TPSA) is 18.5 Å². The zero-order valence-electron chi connectivity index (χ0n) is 4.18. The fourth-order valence-electron chi connectivity index (χ4n) is 0.504. The lowest BCUT2D eigenvalue weighted by Crippen LogP contribution is -2.15. The highest BCUT2D eigenvalue weighted by Crippen LogP contribution is 2.21. The second kappa shape index (κ2) is 1.65. The summed E-state index contributed by atoms with van der Waals surface area (Å²) in [6.45, 7) is 3.11. The Morgan fingerprint density at radius 3 is 2.00 bits per heavy atom. The first-order valence-electron chi connectivity index (χ1n) is 2.21. The minimum Gasteiger partial charge on any atom is -0.339 e. The van der Waals surface area contributed by atoms with Gasteiger partial charge >= 0.3 is 0 Å². The molecule has 1 saturated heterocycles. The summed E-state index contributed by atoms with van der Waals surface area (Å²) in [5.41, 5.74) is 0. The Morgan fingerprint density at radius 2 is 1.86 bits per heavy atom. The van der Waals surface area contributed by atoms with Crippen molar-refractivity contribution in [2.75, 3.05) is 13.2 Å². The molecule has 7 heavy (non-hydrogen) atoms. The lowest BCUT2D eigenvalue weighted by molar-refractivity contribution is -0.0578. The minimum absolute atomic E-state index is 0.611. The summed E-state index contributed by atoms with van der Waals surface area (Å²) in [6.07, 6.45) is 0. The van der Waals surface area contributed by atoms with Gasteiger partial charge in [-0.15, -0.1) is 12.6 Å². The minimum atomic E-state index is -0.611. The predicted octanol–water partition coefficient (Wildman–Crippen LogP) is 0.637. The first-order chi connectivity index (χ1) is 3.21. The van der Waals surface area contributed by atoms with Gasteiger partial charge in [0, 0.05) is 0 Å². The van der Waals surface area contributed by atoms with Crippen LogP contribution in [0.2, 0.25) is 0 Å². The molecule has 3 heteroatoms. The van der Waals surface area contributed by atoms with Gasteiger partial charge in [-0.25, -0.2) is 0 Å². The highest BCUT2D eigenvalue weighted by Gasteiger charge is 2.24. The van der Waals surface area contributed by atoms with Crippen LogP contribution in [0.15, 0.2) is 0 Å². The van der Waals surface area contributed by atoms with Gasteiger partial charge in [0.2, 0.25) is 5.12 Å². The van der Waals surface area contributed by atoms with E-state index in [-0.39, 0.29) is 0 Å². The molecule has 0 amide bonds. The molecule has 0 spiro atoms. The van der Waals surface area contributed by atoms with Crippen molar-refractivity contribution in [3.8, 4) is 0 Å². The van der Waals surface area contributed by atoms with Crippen LogP contribution in [0.25, 0.3) is 0 Å². The lowest BCUT2D eigenvalue weighted by Gasteiger charge is -2.12. The maximum Gasteiger partial charge on any atom is 0.212 e. The van der Waals surface area contributed by atoms with Crippen molar-refractivity contribution >= 4 is 12.6 Å². The first kappa shape index (κ1) is 5.41. The third-order valence-corrected chi connectivity index (χ3v) is 1.08. The van der Waals surface area contributed by atoms with E-state index in [0.29, 0.717) is 13.2 Å². The fraction of sp³-hybridized carbons (Fsp3) is 1.00. The smallest absolute Gasteiger partial charge is 0.212 e. The molecule has 1 heterocycles. The zero-order valence-corrected chi connectivity index (χ0v) is 5.07. The van der Waals surface area contributed by atoms with E-state index in [1.54, 1.807) is 6.92 Å². The molecular weight excluding hydrogens is 112 g/mol. The molecule has 1 aliphatic rings. The summed E-state index contributed by atoms with van der Waals surface area (Å²) in [4.78, 5) is 0. The lowest BCUT2D eigenvalue weighted by atomic mass is 10.8. The quantitative estimate of drug-likeness (QED) is 0.473. The van der Waals surface area contributed by atoms with Crippen molar-refractivity contribution in [2.24, 2.45) is 0 Å². The maximum atomic E-state index is 4.98. The number of rotatable bonds is 0. The molecule has 0 saturated carbocycles. The molecular formula is C4H8O2S. The van der Waals surface area contributed by atoms with E-state index in [9.17, 15) is 0 Å². The van der Waals surface area contributed by atoms with Crippen LogP contribution in [-0.4, -0.2) is 18.3 Å². The highest BCUT2D eigenvalue weighted by atomic mass is 32.1. The van der Waals surface area contributed by atoms with E-state index in [1.165, 1.54) is 0 Å². The van der Waals surface area contributed by atoms with Crippen molar-refractivity contribution < 1.29 is 9.47 Å². The van der Waals surface area contributed by atoms with Gasteiger partial charge in [0.25, 0.3) is 0 Å². The van der Waals surface area contributed by atoms with E-state index < -0.39 is 5.12 Å². The van der Waals surface area contributed by atoms with Crippen molar-refractivity contribution in [2.45, 2.75) is 12.0 Å². The molecule has 0 bridgehead atoms. The second-order valence-electron chi connectivity index (χ2n) is 1.59. The van der Waals surface area contributed by atoms with Gasteiger partial charge in [-0.1, -0.05) is 0 Å². The van der Waals surface area contributed by atoms with E-state index >= 15 is 0 Å². The molecule has 0 aromatic heterocycles. The Kier molecular flexibility index (Phi) is 1.28. The van der Waals surface area contributed by atoms with Crippen molar-refractivity contribution in [3.63, 3.8) is 0 Å². The monoisotopic (exact) mass is 120 g/mol. The number of hydrogen-bond donors (Lipinski definition) is 1. The van der Waals surface area contributed by atoms with E-state index in [2.05, 4.69) is 12.6 Å². The van der Waals surface area contributed by atoms with Crippen LogP contribution in [0.5, 0.6) is 0 Å². The fourth-order valence-corrected chi connectivity index (χ4v) is 0.686. The molecule has 2 nitrogen and oxygen atoms in total. The second-order valence-corrected chi connectivity index (χ2v) is 2.41. The Balaban J connectivity index is 2.40. The average Bonchev–Trinajstić information content (AvgIpc) is 1.84. The normalized spacial score (nSPS) is 28.3. The Bertz CT molecular complexity index is 64.1. The van der Waals surface area contributed by atoms with Gasteiger partial charge in [0.05, 0.1) is 13.2 Å². The Labute approximate surface area is 48.2 Å². The van der Waals surface area contributed by atoms with Crippen LogP contribution in [0.4, 0.5) is 0 Å². The van der Waals surface area contributed by atoms with Crippen LogP contribution < -0.4 is 0 Å². The van der Waals surface area contributed by atoms with Crippen LogP contribution in [0, 0.1) is 0 Å². The van der Waals surface area contributed by atoms with E-state index in [4.69, 9.17) is 9.47 Å². The Hall–Kier alpha value is 0.270. The van der Waals surface area contributed by atoms with Crippen LogP contribution in [-0.2, 0) is 9.47 Å². The van der Waals surface area contributed by atoms with E-state index in [0.717, 1.165) is 0 Å². The van der Waals surface area contributed by atoms with Crippen LogP contribution >= 0.6 is 12.6 Å². The molecule has 0 atom stereocenters. The average molecular weight is 120 g/mol. The molecule has 0 unspecified atom stereocenters. The zero-order chi connectivity index (χ0) is 5.33. The molecule has 0 aromatic carbocycles. The number of hydrogen-bond acceptors (Lipinski definition) is 3.